The monoisotopic (exact) mass is 218 g/mol. The molecule has 0 fully saturated rings. The first-order chi connectivity index (χ1) is 6.96. The van der Waals surface area contributed by atoms with E-state index in [9.17, 15) is 4.79 Å². The first kappa shape index (κ1) is 14.3. The van der Waals surface area contributed by atoms with Gasteiger partial charge in [0, 0.05) is 13.7 Å². The minimum absolute atomic E-state index is 0.188. The van der Waals surface area contributed by atoms with Crippen molar-refractivity contribution in [2.75, 3.05) is 27.3 Å². The lowest BCUT2D eigenvalue weighted by Crippen LogP contribution is -2.46. The number of ether oxygens (including phenoxy) is 1. The summed E-state index contributed by atoms with van der Waals surface area (Å²) in [5.41, 5.74) is -0.234. The van der Waals surface area contributed by atoms with Crippen LogP contribution >= 0.6 is 0 Å². The first-order valence-corrected chi connectivity index (χ1v) is 5.08. The summed E-state index contributed by atoms with van der Waals surface area (Å²) in [5.74, 6) is -0.188. The summed E-state index contributed by atoms with van der Waals surface area (Å²) in [5, 5.41) is 14.3. The van der Waals surface area contributed by atoms with Crippen LogP contribution in [0.5, 0.6) is 0 Å². The summed E-state index contributed by atoms with van der Waals surface area (Å²) in [6.45, 7) is 4.26. The third-order valence-corrected chi connectivity index (χ3v) is 2.43. The molecule has 15 heavy (non-hydrogen) atoms. The van der Waals surface area contributed by atoms with Crippen molar-refractivity contribution in [2.24, 2.45) is 0 Å². The zero-order valence-corrected chi connectivity index (χ0v) is 9.96. The molecule has 0 saturated carbocycles. The minimum Gasteiger partial charge on any atom is -0.394 e. The second-order valence-electron chi connectivity index (χ2n) is 4.03. The van der Waals surface area contributed by atoms with Crippen LogP contribution < -0.4 is 10.6 Å². The lowest BCUT2D eigenvalue weighted by atomic mass is 10.1. The zero-order valence-electron chi connectivity index (χ0n) is 9.96. The zero-order chi connectivity index (χ0) is 11.9. The maximum Gasteiger partial charge on any atom is 0.239 e. The Balaban J connectivity index is 3.81. The maximum atomic E-state index is 11.4. The number of aliphatic hydroxyl groups is 1. The fourth-order valence-electron chi connectivity index (χ4n) is 1.02. The van der Waals surface area contributed by atoms with Crippen LogP contribution in [0, 0.1) is 0 Å². The molecule has 5 heteroatoms. The van der Waals surface area contributed by atoms with Crippen molar-refractivity contribution < 1.29 is 14.6 Å². The van der Waals surface area contributed by atoms with Gasteiger partial charge in [0.1, 0.15) is 6.04 Å². The van der Waals surface area contributed by atoms with Gasteiger partial charge in [-0.15, -0.1) is 0 Å². The predicted octanol–water partition coefficient (Wildman–Crippen LogP) is -0.502. The first-order valence-electron chi connectivity index (χ1n) is 5.08. The molecule has 0 aliphatic heterocycles. The molecule has 0 aromatic heterocycles. The molecule has 90 valence electrons. The van der Waals surface area contributed by atoms with Crippen molar-refractivity contribution in [1.29, 1.82) is 0 Å². The highest BCUT2D eigenvalue weighted by Crippen LogP contribution is 2.11. The molecule has 1 amide bonds. The van der Waals surface area contributed by atoms with Crippen molar-refractivity contribution in [2.45, 2.75) is 31.9 Å². The van der Waals surface area contributed by atoms with Gasteiger partial charge in [-0.05, 0) is 27.3 Å². The molecule has 5 nitrogen and oxygen atoms in total. The van der Waals surface area contributed by atoms with Crippen LogP contribution in [0.15, 0.2) is 0 Å². The van der Waals surface area contributed by atoms with Gasteiger partial charge in [-0.3, -0.25) is 4.79 Å². The van der Waals surface area contributed by atoms with E-state index in [0.717, 1.165) is 6.42 Å². The third kappa shape index (κ3) is 5.71. The second kappa shape index (κ2) is 6.76. The molecule has 0 radical (unpaired) electrons. The molecule has 0 saturated heterocycles. The Labute approximate surface area is 91.2 Å². The van der Waals surface area contributed by atoms with Crippen LogP contribution in [0.3, 0.4) is 0 Å². The number of nitrogens with one attached hydrogen (secondary N) is 2. The molecular weight excluding hydrogens is 196 g/mol. The van der Waals surface area contributed by atoms with Gasteiger partial charge in [0.15, 0.2) is 0 Å². The molecule has 0 spiro atoms. The number of amides is 1. The molecule has 3 N–H and O–H groups in total. The van der Waals surface area contributed by atoms with E-state index >= 15 is 0 Å². The van der Waals surface area contributed by atoms with Gasteiger partial charge >= 0.3 is 0 Å². The standard InChI is InChI=1S/C10H22N2O3/c1-10(2,15-4)5-6-12-9(14)8(7-13)11-3/h8,11,13H,5-7H2,1-4H3,(H,12,14)/t8-/m0/s1. The van der Waals surface area contributed by atoms with Crippen LogP contribution in [-0.2, 0) is 9.53 Å². The average Bonchev–Trinajstić information content (AvgIpc) is 2.19. The Kier molecular flexibility index (Phi) is 6.47. The lowest BCUT2D eigenvalue weighted by molar-refractivity contribution is -0.124. The van der Waals surface area contributed by atoms with Crippen molar-refractivity contribution in [3.05, 3.63) is 0 Å². The van der Waals surface area contributed by atoms with E-state index < -0.39 is 6.04 Å². The van der Waals surface area contributed by atoms with Crippen LogP contribution in [0.4, 0.5) is 0 Å². The molecule has 0 aromatic rings. The summed E-state index contributed by atoms with van der Waals surface area (Å²) >= 11 is 0. The summed E-state index contributed by atoms with van der Waals surface area (Å²) in [6, 6.07) is -0.532. The second-order valence-corrected chi connectivity index (χ2v) is 4.03. The Hall–Kier alpha value is -0.650. The minimum atomic E-state index is -0.532. The Morgan fingerprint density at radius 3 is 2.53 bits per heavy atom. The molecule has 0 aromatic carbocycles. The van der Waals surface area contributed by atoms with Crippen LogP contribution in [0.1, 0.15) is 20.3 Å². The maximum absolute atomic E-state index is 11.4. The topological polar surface area (TPSA) is 70.6 Å². The van der Waals surface area contributed by atoms with E-state index in [2.05, 4.69) is 10.6 Å². The van der Waals surface area contributed by atoms with E-state index in [4.69, 9.17) is 9.84 Å². The van der Waals surface area contributed by atoms with Crippen molar-refractivity contribution in [1.82, 2.24) is 10.6 Å². The number of hydrogen-bond acceptors (Lipinski definition) is 4. The summed E-state index contributed by atoms with van der Waals surface area (Å²) in [7, 11) is 3.28. The normalized spacial score (nSPS) is 13.7. The summed E-state index contributed by atoms with van der Waals surface area (Å²) in [4.78, 5) is 11.4. The number of hydrogen-bond donors (Lipinski definition) is 3. The van der Waals surface area contributed by atoms with E-state index in [1.54, 1.807) is 14.2 Å². The van der Waals surface area contributed by atoms with E-state index in [1.807, 2.05) is 13.8 Å². The lowest BCUT2D eigenvalue weighted by Gasteiger charge is -2.23. The van der Waals surface area contributed by atoms with Crippen molar-refractivity contribution in [3.8, 4) is 0 Å². The molecule has 0 heterocycles. The number of methoxy groups -OCH3 is 1. The Morgan fingerprint density at radius 2 is 2.13 bits per heavy atom. The van der Waals surface area contributed by atoms with Crippen LogP contribution in [0.25, 0.3) is 0 Å². The van der Waals surface area contributed by atoms with Gasteiger partial charge in [0.05, 0.1) is 12.2 Å². The van der Waals surface area contributed by atoms with Gasteiger partial charge in [0.2, 0.25) is 5.91 Å². The molecule has 1 atom stereocenters. The van der Waals surface area contributed by atoms with Crippen molar-refractivity contribution in [3.63, 3.8) is 0 Å². The molecule has 0 aliphatic rings. The van der Waals surface area contributed by atoms with E-state index in [-0.39, 0.29) is 18.1 Å². The van der Waals surface area contributed by atoms with Gasteiger partial charge < -0.3 is 20.5 Å². The molecule has 0 aliphatic carbocycles. The number of carbonyl (C=O) groups excluding carboxylic acids is 1. The number of likely N-dealkylation sites (N-methyl/N-ethyl adjacent to an activating group) is 1. The highest BCUT2D eigenvalue weighted by molar-refractivity contribution is 5.81. The molecule has 0 bridgehead atoms. The van der Waals surface area contributed by atoms with Crippen molar-refractivity contribution >= 4 is 5.91 Å². The quantitative estimate of drug-likeness (QED) is 0.538. The van der Waals surface area contributed by atoms with Gasteiger partial charge in [-0.25, -0.2) is 0 Å². The predicted molar refractivity (Wildman–Crippen MR) is 58.6 cm³/mol. The Morgan fingerprint density at radius 1 is 1.53 bits per heavy atom. The largest absolute Gasteiger partial charge is 0.394 e. The van der Waals surface area contributed by atoms with Gasteiger partial charge in [-0.2, -0.15) is 0 Å². The summed E-state index contributed by atoms with van der Waals surface area (Å²) < 4.78 is 5.22. The fraction of sp³-hybridized carbons (Fsp3) is 0.900. The van der Waals surface area contributed by atoms with Crippen LogP contribution in [0.2, 0.25) is 0 Å². The number of aliphatic hydroxyl groups excluding tert-OH is 1. The number of rotatable bonds is 7. The molecular formula is C10H22N2O3. The Bertz CT molecular complexity index is 191. The fourth-order valence-corrected chi connectivity index (χ4v) is 1.02. The third-order valence-electron chi connectivity index (χ3n) is 2.43. The number of carbonyl (C=O) groups is 1. The molecule has 0 unspecified atom stereocenters. The average molecular weight is 218 g/mol. The summed E-state index contributed by atoms with van der Waals surface area (Å²) in [6.07, 6.45) is 0.733. The van der Waals surface area contributed by atoms with E-state index in [0.29, 0.717) is 6.54 Å². The molecule has 0 rings (SSSR count). The van der Waals surface area contributed by atoms with Gasteiger partial charge in [-0.1, -0.05) is 0 Å². The highest BCUT2D eigenvalue weighted by Gasteiger charge is 2.18. The van der Waals surface area contributed by atoms with Crippen LogP contribution in [-0.4, -0.2) is 50.0 Å². The van der Waals surface area contributed by atoms with E-state index in [1.165, 1.54) is 0 Å². The smallest absolute Gasteiger partial charge is 0.239 e. The SMILES string of the molecule is CN[C@@H](CO)C(=O)NCCC(C)(C)OC. The van der Waals surface area contributed by atoms with Gasteiger partial charge in [0.25, 0.3) is 0 Å². The highest BCUT2D eigenvalue weighted by atomic mass is 16.5.